The molecule has 0 spiro atoms. The van der Waals surface area contributed by atoms with Crippen LogP contribution in [0.2, 0.25) is 0 Å². The monoisotopic (exact) mass is 289 g/mol. The second kappa shape index (κ2) is 6.34. The van der Waals surface area contributed by atoms with E-state index in [1.807, 2.05) is 36.6 Å². The zero-order valence-electron chi connectivity index (χ0n) is 11.3. The van der Waals surface area contributed by atoms with Gasteiger partial charge < -0.3 is 10.1 Å². The van der Waals surface area contributed by atoms with E-state index in [0.29, 0.717) is 10.4 Å². The lowest BCUT2D eigenvalue weighted by molar-refractivity contribution is -0.143. The van der Waals surface area contributed by atoms with Gasteiger partial charge in [-0.15, -0.1) is 11.3 Å². The summed E-state index contributed by atoms with van der Waals surface area (Å²) in [6, 6.07) is 10.1. The third-order valence-corrected chi connectivity index (χ3v) is 3.93. The summed E-state index contributed by atoms with van der Waals surface area (Å²) in [7, 11) is 1.31. The molecule has 2 rings (SSSR count). The Morgan fingerprint density at radius 2 is 1.90 bits per heavy atom. The molecule has 0 fully saturated rings. The van der Waals surface area contributed by atoms with E-state index in [1.165, 1.54) is 18.4 Å². The molecular formula is C15H15NO3S. The summed E-state index contributed by atoms with van der Waals surface area (Å²) in [5.41, 5.74) is 1.59. The fraction of sp³-hybridized carbons (Fsp3) is 0.200. The number of carbonyl (C=O) groups is 2. The van der Waals surface area contributed by atoms with Gasteiger partial charge in [0.1, 0.15) is 0 Å². The number of hydrogen-bond donors (Lipinski definition) is 1. The Hall–Kier alpha value is -2.14. The number of carbonyl (C=O) groups excluding carboxylic acids is 2. The number of nitrogens with one attached hydrogen (secondary N) is 1. The fourth-order valence-corrected chi connectivity index (χ4v) is 2.67. The molecule has 1 atom stereocenters. The van der Waals surface area contributed by atoms with Crippen LogP contribution in [0.25, 0.3) is 0 Å². The molecule has 0 aliphatic heterocycles. The van der Waals surface area contributed by atoms with Crippen molar-refractivity contribution in [1.82, 2.24) is 5.32 Å². The summed E-state index contributed by atoms with van der Waals surface area (Å²) in [5.74, 6) is -0.754. The van der Waals surface area contributed by atoms with E-state index in [-0.39, 0.29) is 5.91 Å². The molecule has 104 valence electrons. The maximum absolute atomic E-state index is 12.2. The molecule has 2 aromatic rings. The van der Waals surface area contributed by atoms with Gasteiger partial charge in [0.05, 0.1) is 12.0 Å². The lowest BCUT2D eigenvalue weighted by Gasteiger charge is -2.16. The van der Waals surface area contributed by atoms with Gasteiger partial charge in [0.15, 0.2) is 6.04 Å². The summed E-state index contributed by atoms with van der Waals surface area (Å²) in [6.07, 6.45) is 0. The average molecular weight is 289 g/mol. The first kappa shape index (κ1) is 14.3. The quantitative estimate of drug-likeness (QED) is 0.880. The lowest BCUT2D eigenvalue weighted by Crippen LogP contribution is -2.34. The van der Waals surface area contributed by atoms with Crippen LogP contribution < -0.4 is 5.32 Å². The van der Waals surface area contributed by atoms with Crippen molar-refractivity contribution >= 4 is 23.2 Å². The number of rotatable bonds is 4. The normalized spacial score (nSPS) is 11.7. The number of esters is 1. The molecule has 1 N–H and O–H groups in total. The van der Waals surface area contributed by atoms with Gasteiger partial charge in [-0.1, -0.05) is 30.3 Å². The second-order valence-corrected chi connectivity index (χ2v) is 5.19. The first-order valence-electron chi connectivity index (χ1n) is 6.11. The molecule has 1 amide bonds. The molecule has 0 radical (unpaired) electrons. The van der Waals surface area contributed by atoms with Crippen LogP contribution in [0.15, 0.2) is 41.8 Å². The van der Waals surface area contributed by atoms with Crippen LogP contribution in [-0.4, -0.2) is 19.0 Å². The van der Waals surface area contributed by atoms with Crippen molar-refractivity contribution in [3.63, 3.8) is 0 Å². The van der Waals surface area contributed by atoms with Crippen molar-refractivity contribution in [1.29, 1.82) is 0 Å². The Bertz CT molecular complexity index is 607. The standard InChI is InChI=1S/C15H15NO3S/c1-10-8-9-20-13(10)14(17)16-12(15(18)19-2)11-6-4-3-5-7-11/h3-9,12H,1-2H3,(H,16,17)/t12-/m0/s1. The van der Waals surface area contributed by atoms with Crippen LogP contribution in [0.4, 0.5) is 0 Å². The molecule has 0 bridgehead atoms. The second-order valence-electron chi connectivity index (χ2n) is 4.27. The number of benzene rings is 1. The summed E-state index contributed by atoms with van der Waals surface area (Å²) in [6.45, 7) is 1.86. The maximum Gasteiger partial charge on any atom is 0.333 e. The van der Waals surface area contributed by atoms with E-state index < -0.39 is 12.0 Å². The van der Waals surface area contributed by atoms with Crippen LogP contribution >= 0.6 is 11.3 Å². The largest absolute Gasteiger partial charge is 0.467 e. The fourth-order valence-electron chi connectivity index (χ4n) is 1.84. The molecule has 20 heavy (non-hydrogen) atoms. The van der Waals surface area contributed by atoms with Gasteiger partial charge in [-0.2, -0.15) is 0 Å². The molecule has 0 saturated heterocycles. The van der Waals surface area contributed by atoms with Gasteiger partial charge in [-0.3, -0.25) is 4.79 Å². The summed E-state index contributed by atoms with van der Waals surface area (Å²) in [4.78, 5) is 24.7. The van der Waals surface area contributed by atoms with Crippen molar-refractivity contribution in [2.75, 3.05) is 7.11 Å². The van der Waals surface area contributed by atoms with Crippen molar-refractivity contribution in [3.05, 3.63) is 57.8 Å². The van der Waals surface area contributed by atoms with Gasteiger partial charge in [0, 0.05) is 0 Å². The van der Waals surface area contributed by atoms with Gasteiger partial charge in [0.25, 0.3) is 5.91 Å². The Kier molecular flexibility index (Phi) is 4.53. The topological polar surface area (TPSA) is 55.4 Å². The Morgan fingerprint density at radius 3 is 2.45 bits per heavy atom. The van der Waals surface area contributed by atoms with Crippen molar-refractivity contribution in [2.45, 2.75) is 13.0 Å². The molecule has 0 unspecified atom stereocenters. The number of thiophene rings is 1. The van der Waals surface area contributed by atoms with E-state index >= 15 is 0 Å². The highest BCUT2D eigenvalue weighted by Gasteiger charge is 2.24. The molecule has 0 aliphatic rings. The van der Waals surface area contributed by atoms with Gasteiger partial charge >= 0.3 is 5.97 Å². The average Bonchev–Trinajstić information content (AvgIpc) is 2.91. The van der Waals surface area contributed by atoms with Crippen LogP contribution in [0.3, 0.4) is 0 Å². The van der Waals surface area contributed by atoms with E-state index in [4.69, 9.17) is 4.74 Å². The summed E-state index contributed by atoms with van der Waals surface area (Å²) in [5, 5.41) is 4.57. The smallest absolute Gasteiger partial charge is 0.333 e. The van der Waals surface area contributed by atoms with E-state index in [2.05, 4.69) is 5.32 Å². The van der Waals surface area contributed by atoms with Crippen LogP contribution in [0.1, 0.15) is 26.8 Å². The Balaban J connectivity index is 2.23. The maximum atomic E-state index is 12.2. The predicted molar refractivity (Wildman–Crippen MR) is 77.7 cm³/mol. The van der Waals surface area contributed by atoms with Gasteiger partial charge in [0.2, 0.25) is 0 Å². The molecular weight excluding hydrogens is 274 g/mol. The highest BCUT2D eigenvalue weighted by molar-refractivity contribution is 7.12. The molecule has 1 aromatic heterocycles. The summed E-state index contributed by atoms with van der Waals surface area (Å²) < 4.78 is 4.76. The minimum atomic E-state index is -0.796. The third-order valence-electron chi connectivity index (χ3n) is 2.91. The van der Waals surface area contributed by atoms with Crippen molar-refractivity contribution in [2.24, 2.45) is 0 Å². The Morgan fingerprint density at radius 1 is 1.20 bits per heavy atom. The van der Waals surface area contributed by atoms with Crippen LogP contribution in [-0.2, 0) is 9.53 Å². The van der Waals surface area contributed by atoms with E-state index in [0.717, 1.165) is 5.56 Å². The van der Waals surface area contributed by atoms with E-state index in [9.17, 15) is 9.59 Å². The van der Waals surface area contributed by atoms with Crippen molar-refractivity contribution in [3.8, 4) is 0 Å². The van der Waals surface area contributed by atoms with Crippen LogP contribution in [0, 0.1) is 6.92 Å². The van der Waals surface area contributed by atoms with Crippen molar-refractivity contribution < 1.29 is 14.3 Å². The van der Waals surface area contributed by atoms with E-state index in [1.54, 1.807) is 12.1 Å². The minimum Gasteiger partial charge on any atom is -0.467 e. The zero-order valence-corrected chi connectivity index (χ0v) is 12.1. The highest BCUT2D eigenvalue weighted by atomic mass is 32.1. The third kappa shape index (κ3) is 3.05. The number of amides is 1. The molecule has 4 nitrogen and oxygen atoms in total. The van der Waals surface area contributed by atoms with Gasteiger partial charge in [-0.25, -0.2) is 4.79 Å². The first-order chi connectivity index (χ1) is 9.63. The lowest BCUT2D eigenvalue weighted by atomic mass is 10.1. The predicted octanol–water partition coefficient (Wildman–Crippen LogP) is 2.70. The number of methoxy groups -OCH3 is 1. The zero-order chi connectivity index (χ0) is 14.5. The number of hydrogen-bond acceptors (Lipinski definition) is 4. The SMILES string of the molecule is COC(=O)[C@@H](NC(=O)c1sccc1C)c1ccccc1. The number of ether oxygens (including phenoxy) is 1. The first-order valence-corrected chi connectivity index (χ1v) is 6.99. The summed E-state index contributed by atoms with van der Waals surface area (Å²) >= 11 is 1.35. The van der Waals surface area contributed by atoms with Crippen LogP contribution in [0.5, 0.6) is 0 Å². The Labute approximate surface area is 121 Å². The number of aryl methyl sites for hydroxylation is 1. The van der Waals surface area contributed by atoms with Gasteiger partial charge in [-0.05, 0) is 29.5 Å². The molecule has 5 heteroatoms. The molecule has 0 saturated carbocycles. The highest BCUT2D eigenvalue weighted by Crippen LogP contribution is 2.19. The molecule has 1 heterocycles. The molecule has 0 aliphatic carbocycles. The minimum absolute atomic E-state index is 0.267. The molecule has 1 aromatic carbocycles.